The Morgan fingerprint density at radius 3 is 2.45 bits per heavy atom. The number of anilines is 1. The van der Waals surface area contributed by atoms with Crippen LogP contribution in [0, 0.1) is 11.6 Å². The Morgan fingerprint density at radius 1 is 1.30 bits per heavy atom. The van der Waals surface area contributed by atoms with Crippen molar-refractivity contribution >= 4 is 5.69 Å². The third-order valence-electron chi connectivity index (χ3n) is 2.99. The maximum Gasteiger partial charge on any atom is 0.149 e. The van der Waals surface area contributed by atoms with E-state index in [-0.39, 0.29) is 11.7 Å². The summed E-state index contributed by atoms with van der Waals surface area (Å²) < 4.78 is 33.4. The molecular weight excluding hydrogens is 262 g/mol. The van der Waals surface area contributed by atoms with Gasteiger partial charge in [-0.1, -0.05) is 0 Å². The number of halogens is 2. The minimum Gasteiger partial charge on any atom is -0.467 e. The zero-order valence-electron chi connectivity index (χ0n) is 11.6. The summed E-state index contributed by atoms with van der Waals surface area (Å²) >= 11 is 0. The largest absolute Gasteiger partial charge is 0.467 e. The van der Waals surface area contributed by atoms with Crippen molar-refractivity contribution in [3.05, 3.63) is 53.5 Å². The first kappa shape index (κ1) is 14.5. The fraction of sp³-hybridized carbons (Fsp3) is 0.333. The molecule has 1 aromatic carbocycles. The predicted octanol–water partition coefficient (Wildman–Crippen LogP) is 3.08. The highest BCUT2D eigenvalue weighted by Crippen LogP contribution is 2.26. The summed E-state index contributed by atoms with van der Waals surface area (Å²) in [6.07, 6.45) is 1.97. The van der Waals surface area contributed by atoms with Gasteiger partial charge in [-0.3, -0.25) is 0 Å². The van der Waals surface area contributed by atoms with Crippen LogP contribution in [0.15, 0.2) is 34.9 Å². The Hall–Kier alpha value is -1.88. The summed E-state index contributed by atoms with van der Waals surface area (Å²) in [5.74, 6) is -0.532. The molecule has 0 bridgehead atoms. The van der Waals surface area contributed by atoms with Gasteiger partial charge in [0, 0.05) is 13.1 Å². The highest BCUT2D eigenvalue weighted by atomic mass is 19.1. The minimum atomic E-state index is -0.588. The van der Waals surface area contributed by atoms with Crippen LogP contribution in [0.2, 0.25) is 0 Å². The number of hydrogen-bond acceptors (Lipinski definition) is 3. The van der Waals surface area contributed by atoms with Gasteiger partial charge in [0.05, 0.1) is 12.8 Å². The van der Waals surface area contributed by atoms with E-state index in [1.165, 1.54) is 23.3 Å². The Balaban J connectivity index is 2.23. The number of hydrogen-bond donors (Lipinski definition) is 1. The third kappa shape index (κ3) is 3.36. The first-order valence-electron chi connectivity index (χ1n) is 6.44. The average molecular weight is 280 g/mol. The van der Waals surface area contributed by atoms with E-state index in [1.54, 1.807) is 26.1 Å². The number of nitrogens with zero attached hydrogens (tertiary/aromatic N) is 1. The van der Waals surface area contributed by atoms with E-state index in [0.29, 0.717) is 24.3 Å². The van der Waals surface area contributed by atoms with Gasteiger partial charge in [0.25, 0.3) is 0 Å². The molecule has 0 amide bonds. The molecule has 0 spiro atoms. The van der Waals surface area contributed by atoms with Crippen LogP contribution in [-0.2, 0) is 13.0 Å². The summed E-state index contributed by atoms with van der Waals surface area (Å²) in [4.78, 5) is 1.49. The maximum absolute atomic E-state index is 14.1. The van der Waals surface area contributed by atoms with Crippen LogP contribution in [0.3, 0.4) is 0 Å². The van der Waals surface area contributed by atoms with Gasteiger partial charge in [-0.2, -0.15) is 0 Å². The van der Waals surface area contributed by atoms with Crippen molar-refractivity contribution in [3.8, 4) is 0 Å². The third-order valence-corrected chi connectivity index (χ3v) is 2.99. The molecule has 1 unspecified atom stereocenters. The molecule has 0 fully saturated rings. The summed E-state index contributed by atoms with van der Waals surface area (Å²) in [6, 6.07) is 6.03. The molecule has 0 aliphatic carbocycles. The van der Waals surface area contributed by atoms with E-state index in [4.69, 9.17) is 10.2 Å². The molecule has 3 nitrogen and oxygen atoms in total. The standard InChI is InChI=1S/C15H18F2N2O/c1-10(18)6-11-7-13(16)15(14(17)8-11)19(2)9-12-4-3-5-20-12/h3-5,7-8,10H,6,9,18H2,1-2H3. The van der Waals surface area contributed by atoms with E-state index >= 15 is 0 Å². The van der Waals surface area contributed by atoms with Crippen molar-refractivity contribution in [2.75, 3.05) is 11.9 Å². The van der Waals surface area contributed by atoms with Crippen LogP contribution < -0.4 is 10.6 Å². The first-order chi connectivity index (χ1) is 9.47. The predicted molar refractivity (Wildman–Crippen MR) is 74.5 cm³/mol. The van der Waals surface area contributed by atoms with Crippen molar-refractivity contribution in [1.29, 1.82) is 0 Å². The molecular formula is C15H18F2N2O. The molecule has 0 aliphatic heterocycles. The second-order valence-electron chi connectivity index (χ2n) is 5.02. The average Bonchev–Trinajstić information content (AvgIpc) is 2.79. The summed E-state index contributed by atoms with van der Waals surface area (Å²) in [5, 5.41) is 0. The quantitative estimate of drug-likeness (QED) is 0.915. The summed E-state index contributed by atoms with van der Waals surface area (Å²) in [5.41, 5.74) is 6.15. The monoisotopic (exact) mass is 280 g/mol. The Bertz CT molecular complexity index is 544. The van der Waals surface area contributed by atoms with Gasteiger partial charge in [-0.25, -0.2) is 8.78 Å². The molecule has 0 radical (unpaired) electrons. The van der Waals surface area contributed by atoms with E-state index in [9.17, 15) is 8.78 Å². The van der Waals surface area contributed by atoms with E-state index < -0.39 is 11.6 Å². The van der Waals surface area contributed by atoms with Crippen molar-refractivity contribution < 1.29 is 13.2 Å². The zero-order chi connectivity index (χ0) is 14.7. The molecule has 2 N–H and O–H groups in total. The van der Waals surface area contributed by atoms with E-state index in [1.807, 2.05) is 0 Å². The van der Waals surface area contributed by atoms with Gasteiger partial charge in [0.2, 0.25) is 0 Å². The van der Waals surface area contributed by atoms with Crippen molar-refractivity contribution in [2.24, 2.45) is 5.73 Å². The molecule has 108 valence electrons. The SMILES string of the molecule is CC(N)Cc1cc(F)c(N(C)Cc2ccco2)c(F)c1. The molecule has 1 aromatic heterocycles. The number of furan rings is 1. The lowest BCUT2D eigenvalue weighted by atomic mass is 10.1. The maximum atomic E-state index is 14.1. The van der Waals surface area contributed by atoms with Gasteiger partial charge >= 0.3 is 0 Å². The highest BCUT2D eigenvalue weighted by Gasteiger charge is 2.16. The summed E-state index contributed by atoms with van der Waals surface area (Å²) in [7, 11) is 1.62. The van der Waals surface area contributed by atoms with Crippen LogP contribution in [-0.4, -0.2) is 13.1 Å². The minimum absolute atomic E-state index is 0.0603. The normalized spacial score (nSPS) is 12.4. The lowest BCUT2D eigenvalue weighted by Crippen LogP contribution is -2.21. The van der Waals surface area contributed by atoms with Gasteiger partial charge in [-0.05, 0) is 43.2 Å². The molecule has 5 heteroatoms. The van der Waals surface area contributed by atoms with Crippen LogP contribution in [0.25, 0.3) is 0 Å². The second-order valence-corrected chi connectivity index (χ2v) is 5.02. The zero-order valence-corrected chi connectivity index (χ0v) is 11.6. The van der Waals surface area contributed by atoms with Gasteiger partial charge < -0.3 is 15.1 Å². The van der Waals surface area contributed by atoms with E-state index in [2.05, 4.69) is 0 Å². The molecule has 2 rings (SSSR count). The Morgan fingerprint density at radius 2 is 1.95 bits per heavy atom. The number of nitrogens with two attached hydrogens (primary N) is 1. The van der Waals surface area contributed by atoms with Gasteiger partial charge in [0.15, 0.2) is 0 Å². The number of rotatable bonds is 5. The van der Waals surface area contributed by atoms with Crippen LogP contribution in [0.1, 0.15) is 18.2 Å². The van der Waals surface area contributed by atoms with Crippen LogP contribution in [0.5, 0.6) is 0 Å². The molecule has 0 saturated carbocycles. The van der Waals surface area contributed by atoms with Crippen LogP contribution in [0.4, 0.5) is 14.5 Å². The van der Waals surface area contributed by atoms with Gasteiger partial charge in [-0.15, -0.1) is 0 Å². The fourth-order valence-corrected chi connectivity index (χ4v) is 2.19. The fourth-order valence-electron chi connectivity index (χ4n) is 2.19. The Kier molecular flexibility index (Phi) is 4.39. The Labute approximate surface area is 117 Å². The van der Waals surface area contributed by atoms with Gasteiger partial charge in [0.1, 0.15) is 23.1 Å². The van der Waals surface area contributed by atoms with Crippen molar-refractivity contribution in [2.45, 2.75) is 25.9 Å². The second kappa shape index (κ2) is 6.05. The smallest absolute Gasteiger partial charge is 0.149 e. The van der Waals surface area contributed by atoms with Crippen LogP contribution >= 0.6 is 0 Å². The van der Waals surface area contributed by atoms with Crippen molar-refractivity contribution in [3.63, 3.8) is 0 Å². The lowest BCUT2D eigenvalue weighted by Gasteiger charge is -2.20. The molecule has 1 heterocycles. The molecule has 0 aliphatic rings. The molecule has 1 atom stereocenters. The summed E-state index contributed by atoms with van der Waals surface area (Å²) in [6.45, 7) is 2.10. The molecule has 2 aromatic rings. The lowest BCUT2D eigenvalue weighted by molar-refractivity contribution is 0.501. The first-order valence-corrected chi connectivity index (χ1v) is 6.44. The molecule has 20 heavy (non-hydrogen) atoms. The topological polar surface area (TPSA) is 42.4 Å². The van der Waals surface area contributed by atoms with E-state index in [0.717, 1.165) is 0 Å². The molecule has 0 saturated heterocycles. The van der Waals surface area contributed by atoms with Crippen molar-refractivity contribution in [1.82, 2.24) is 0 Å². The highest BCUT2D eigenvalue weighted by molar-refractivity contribution is 5.50. The number of benzene rings is 1.